The Labute approximate surface area is 156 Å². The SMILES string of the molecule is CCCCCCn1c(C)cc(=O)c(C(=O)Nc2ccccc2C)c1CC. The van der Waals surface area contributed by atoms with E-state index in [2.05, 4.69) is 16.8 Å². The van der Waals surface area contributed by atoms with Crippen LogP contribution in [0.5, 0.6) is 0 Å². The Morgan fingerprint density at radius 1 is 1.08 bits per heavy atom. The zero-order valence-electron chi connectivity index (χ0n) is 16.4. The van der Waals surface area contributed by atoms with Crippen LogP contribution in [0.1, 0.15) is 66.8 Å². The van der Waals surface area contributed by atoms with Gasteiger partial charge in [-0.3, -0.25) is 9.59 Å². The fourth-order valence-electron chi connectivity index (χ4n) is 3.35. The van der Waals surface area contributed by atoms with Crippen molar-refractivity contribution in [2.45, 2.75) is 66.3 Å². The van der Waals surface area contributed by atoms with E-state index in [1.54, 1.807) is 6.07 Å². The molecule has 26 heavy (non-hydrogen) atoms. The number of nitrogens with one attached hydrogen (secondary N) is 1. The Morgan fingerprint density at radius 2 is 1.81 bits per heavy atom. The number of carbonyl (C=O) groups is 1. The first-order valence-corrected chi connectivity index (χ1v) is 9.59. The summed E-state index contributed by atoms with van der Waals surface area (Å²) in [5, 5.41) is 2.91. The molecule has 0 aliphatic carbocycles. The molecule has 0 aliphatic rings. The number of amides is 1. The first kappa shape index (κ1) is 20.0. The van der Waals surface area contributed by atoms with Crippen molar-refractivity contribution >= 4 is 11.6 Å². The van der Waals surface area contributed by atoms with E-state index in [1.807, 2.05) is 45.0 Å². The third-order valence-electron chi connectivity index (χ3n) is 4.82. The molecule has 0 fully saturated rings. The summed E-state index contributed by atoms with van der Waals surface area (Å²) < 4.78 is 2.14. The van der Waals surface area contributed by atoms with E-state index in [9.17, 15) is 9.59 Å². The number of para-hydroxylation sites is 1. The summed E-state index contributed by atoms with van der Waals surface area (Å²) in [6.07, 6.45) is 5.27. The summed E-state index contributed by atoms with van der Waals surface area (Å²) in [6, 6.07) is 9.20. The van der Waals surface area contributed by atoms with Crippen LogP contribution in [0, 0.1) is 13.8 Å². The predicted octanol–water partition coefficient (Wildman–Crippen LogP) is 4.86. The molecule has 0 bridgehead atoms. The van der Waals surface area contributed by atoms with Gasteiger partial charge in [0.15, 0.2) is 5.43 Å². The van der Waals surface area contributed by atoms with Gasteiger partial charge in [0.25, 0.3) is 5.91 Å². The number of aromatic nitrogens is 1. The zero-order valence-corrected chi connectivity index (χ0v) is 16.4. The molecule has 0 saturated heterocycles. The van der Waals surface area contributed by atoms with Gasteiger partial charge in [-0.2, -0.15) is 0 Å². The van der Waals surface area contributed by atoms with Crippen molar-refractivity contribution in [3.63, 3.8) is 0 Å². The van der Waals surface area contributed by atoms with Crippen LogP contribution >= 0.6 is 0 Å². The van der Waals surface area contributed by atoms with Crippen molar-refractivity contribution < 1.29 is 4.79 Å². The minimum Gasteiger partial charge on any atom is -0.348 e. The summed E-state index contributed by atoms with van der Waals surface area (Å²) in [5.41, 5.74) is 3.56. The number of hydrogen-bond donors (Lipinski definition) is 1. The number of hydrogen-bond acceptors (Lipinski definition) is 2. The quantitative estimate of drug-likeness (QED) is 0.688. The maximum atomic E-state index is 12.9. The lowest BCUT2D eigenvalue weighted by atomic mass is 10.1. The van der Waals surface area contributed by atoms with Gasteiger partial charge in [0.05, 0.1) is 0 Å². The Balaban J connectivity index is 2.36. The van der Waals surface area contributed by atoms with Crippen molar-refractivity contribution in [3.8, 4) is 0 Å². The molecular weight excluding hydrogens is 324 g/mol. The van der Waals surface area contributed by atoms with E-state index in [0.717, 1.165) is 42.0 Å². The van der Waals surface area contributed by atoms with Crippen LogP contribution in [0.15, 0.2) is 35.1 Å². The largest absolute Gasteiger partial charge is 0.348 e. The van der Waals surface area contributed by atoms with E-state index in [-0.39, 0.29) is 16.9 Å². The van der Waals surface area contributed by atoms with E-state index >= 15 is 0 Å². The first-order chi connectivity index (χ1) is 12.5. The average molecular weight is 354 g/mol. The standard InChI is InChI=1S/C22H30N2O2/c1-5-7-8-11-14-24-17(4)15-20(25)21(19(24)6-2)22(26)23-18-13-10-9-12-16(18)3/h9-10,12-13,15H,5-8,11,14H2,1-4H3,(H,23,26). The van der Waals surface area contributed by atoms with Crippen molar-refractivity contribution in [2.24, 2.45) is 0 Å². The van der Waals surface area contributed by atoms with E-state index in [1.165, 1.54) is 12.8 Å². The van der Waals surface area contributed by atoms with E-state index < -0.39 is 0 Å². The number of aryl methyl sites for hydroxylation is 2. The zero-order chi connectivity index (χ0) is 19.1. The molecule has 0 aliphatic heterocycles. The monoisotopic (exact) mass is 354 g/mol. The highest BCUT2D eigenvalue weighted by Gasteiger charge is 2.19. The number of nitrogens with zero attached hydrogens (tertiary/aromatic N) is 1. The van der Waals surface area contributed by atoms with Gasteiger partial charge in [-0.05, 0) is 38.3 Å². The number of carbonyl (C=O) groups excluding carboxylic acids is 1. The molecule has 4 nitrogen and oxygen atoms in total. The number of pyridine rings is 1. The molecule has 1 amide bonds. The van der Waals surface area contributed by atoms with E-state index in [0.29, 0.717) is 6.42 Å². The maximum absolute atomic E-state index is 12.9. The van der Waals surface area contributed by atoms with Gasteiger partial charge in [0, 0.05) is 29.7 Å². The second-order valence-electron chi connectivity index (χ2n) is 6.81. The molecule has 0 saturated carbocycles. The minimum atomic E-state index is -0.316. The molecule has 0 atom stereocenters. The van der Waals surface area contributed by atoms with Crippen LogP contribution in [0.4, 0.5) is 5.69 Å². The summed E-state index contributed by atoms with van der Waals surface area (Å²) in [4.78, 5) is 25.5. The Bertz CT molecular complexity index is 821. The van der Waals surface area contributed by atoms with Gasteiger partial charge in [0.2, 0.25) is 0 Å². The molecule has 0 radical (unpaired) electrons. The fraction of sp³-hybridized carbons (Fsp3) is 0.455. The molecule has 140 valence electrons. The second-order valence-corrected chi connectivity index (χ2v) is 6.81. The summed E-state index contributed by atoms with van der Waals surface area (Å²) in [7, 11) is 0. The Hall–Kier alpha value is -2.36. The minimum absolute atomic E-state index is 0.199. The van der Waals surface area contributed by atoms with Crippen LogP contribution in [-0.2, 0) is 13.0 Å². The highest BCUT2D eigenvalue weighted by molar-refractivity contribution is 6.05. The lowest BCUT2D eigenvalue weighted by molar-refractivity contribution is 0.102. The van der Waals surface area contributed by atoms with Crippen molar-refractivity contribution in [2.75, 3.05) is 5.32 Å². The lowest BCUT2D eigenvalue weighted by Gasteiger charge is -2.19. The molecule has 2 aromatic rings. The van der Waals surface area contributed by atoms with Crippen LogP contribution in [0.25, 0.3) is 0 Å². The van der Waals surface area contributed by atoms with E-state index in [4.69, 9.17) is 0 Å². The predicted molar refractivity (Wildman–Crippen MR) is 108 cm³/mol. The van der Waals surface area contributed by atoms with Gasteiger partial charge in [-0.15, -0.1) is 0 Å². The third-order valence-corrected chi connectivity index (χ3v) is 4.82. The van der Waals surface area contributed by atoms with Crippen LogP contribution in [-0.4, -0.2) is 10.5 Å². The maximum Gasteiger partial charge on any atom is 0.261 e. The lowest BCUT2D eigenvalue weighted by Crippen LogP contribution is -2.28. The van der Waals surface area contributed by atoms with Crippen molar-refractivity contribution in [1.29, 1.82) is 0 Å². The number of benzene rings is 1. The van der Waals surface area contributed by atoms with Crippen LogP contribution in [0.2, 0.25) is 0 Å². The Morgan fingerprint density at radius 3 is 2.46 bits per heavy atom. The summed E-state index contributed by atoms with van der Waals surface area (Å²) in [6.45, 7) is 8.93. The summed E-state index contributed by atoms with van der Waals surface area (Å²) >= 11 is 0. The first-order valence-electron chi connectivity index (χ1n) is 9.59. The van der Waals surface area contributed by atoms with Gasteiger partial charge in [-0.1, -0.05) is 51.3 Å². The number of unbranched alkanes of at least 4 members (excludes halogenated alkanes) is 3. The smallest absolute Gasteiger partial charge is 0.261 e. The summed E-state index contributed by atoms with van der Waals surface area (Å²) in [5.74, 6) is -0.316. The highest BCUT2D eigenvalue weighted by Crippen LogP contribution is 2.17. The third kappa shape index (κ3) is 4.63. The van der Waals surface area contributed by atoms with Gasteiger partial charge < -0.3 is 9.88 Å². The molecule has 0 spiro atoms. The van der Waals surface area contributed by atoms with Gasteiger partial charge in [0.1, 0.15) is 5.56 Å². The number of rotatable bonds is 8. The molecule has 1 aromatic carbocycles. The molecule has 0 unspecified atom stereocenters. The molecular formula is C22H30N2O2. The topological polar surface area (TPSA) is 51.1 Å². The molecule has 4 heteroatoms. The van der Waals surface area contributed by atoms with Crippen molar-refractivity contribution in [3.05, 3.63) is 63.1 Å². The van der Waals surface area contributed by atoms with Gasteiger partial charge in [-0.25, -0.2) is 0 Å². The Kier molecular flexibility index (Phi) is 7.19. The van der Waals surface area contributed by atoms with Gasteiger partial charge >= 0.3 is 0 Å². The van der Waals surface area contributed by atoms with Crippen LogP contribution in [0.3, 0.4) is 0 Å². The molecule has 1 heterocycles. The molecule has 1 N–H and O–H groups in total. The number of anilines is 1. The molecule has 2 rings (SSSR count). The second kappa shape index (κ2) is 9.37. The average Bonchev–Trinajstić information content (AvgIpc) is 2.61. The van der Waals surface area contributed by atoms with Crippen molar-refractivity contribution in [1.82, 2.24) is 4.57 Å². The fourth-order valence-corrected chi connectivity index (χ4v) is 3.35. The van der Waals surface area contributed by atoms with Crippen LogP contribution < -0.4 is 10.7 Å². The highest BCUT2D eigenvalue weighted by atomic mass is 16.2. The molecule has 1 aromatic heterocycles. The normalized spacial score (nSPS) is 10.8.